The summed E-state index contributed by atoms with van der Waals surface area (Å²) in [7, 11) is -3.58. The third-order valence-electron chi connectivity index (χ3n) is 3.30. The minimum absolute atomic E-state index is 0.217. The van der Waals surface area contributed by atoms with Gasteiger partial charge in [-0.25, -0.2) is 13.1 Å². The van der Waals surface area contributed by atoms with E-state index in [1.54, 1.807) is 13.8 Å². The van der Waals surface area contributed by atoms with E-state index < -0.39 is 10.0 Å². The molecule has 0 amide bonds. The first-order valence-corrected chi connectivity index (χ1v) is 9.01. The zero-order valence-electron chi connectivity index (χ0n) is 13.9. The van der Waals surface area contributed by atoms with E-state index in [1.165, 1.54) is 0 Å². The molecule has 2 N–H and O–H groups in total. The van der Waals surface area contributed by atoms with E-state index in [4.69, 9.17) is 4.74 Å². The number of ether oxygens (including phenoxy) is 1. The Balaban J connectivity index is 2.00. The lowest BCUT2D eigenvalue weighted by Crippen LogP contribution is -2.24. The first-order valence-electron chi connectivity index (χ1n) is 7.52. The molecule has 0 atom stereocenters. The maximum atomic E-state index is 12.4. The van der Waals surface area contributed by atoms with Gasteiger partial charge in [-0.15, -0.1) is 0 Å². The molecule has 1 aromatic carbocycles. The van der Waals surface area contributed by atoms with Crippen LogP contribution in [-0.2, 0) is 16.6 Å². The van der Waals surface area contributed by atoms with Crippen LogP contribution in [0.2, 0.25) is 0 Å². The minimum Gasteiger partial charge on any atom is -0.493 e. The van der Waals surface area contributed by atoms with Crippen molar-refractivity contribution in [3.8, 4) is 5.75 Å². The van der Waals surface area contributed by atoms with Crippen LogP contribution in [0.25, 0.3) is 0 Å². The molecule has 2 aromatic rings. The number of rotatable bonds is 7. The number of H-pyrrole nitrogens is 1. The van der Waals surface area contributed by atoms with Crippen LogP contribution >= 0.6 is 0 Å². The number of aromatic nitrogens is 2. The summed E-state index contributed by atoms with van der Waals surface area (Å²) in [4.78, 5) is 0.217. The molecule has 0 aliphatic heterocycles. The van der Waals surface area contributed by atoms with Gasteiger partial charge in [0.1, 0.15) is 10.6 Å². The van der Waals surface area contributed by atoms with E-state index in [9.17, 15) is 8.42 Å². The fraction of sp³-hybridized carbons (Fsp3) is 0.438. The quantitative estimate of drug-likeness (QED) is 0.813. The highest BCUT2D eigenvalue weighted by Crippen LogP contribution is 2.17. The molecule has 0 fully saturated rings. The second-order valence-corrected chi connectivity index (χ2v) is 7.64. The largest absolute Gasteiger partial charge is 0.493 e. The Morgan fingerprint density at radius 1 is 1.22 bits per heavy atom. The lowest BCUT2D eigenvalue weighted by molar-refractivity contribution is 0.271. The average molecular weight is 337 g/mol. The van der Waals surface area contributed by atoms with Crippen molar-refractivity contribution in [3.63, 3.8) is 0 Å². The van der Waals surface area contributed by atoms with Gasteiger partial charge in [-0.2, -0.15) is 5.10 Å². The molecule has 2 rings (SSSR count). The van der Waals surface area contributed by atoms with Gasteiger partial charge in [0.2, 0.25) is 10.0 Å². The van der Waals surface area contributed by atoms with Crippen LogP contribution in [0.1, 0.15) is 30.8 Å². The SMILES string of the molecule is Cc1n[nH]c(C)c1S(=O)(=O)NCc1ccc(OCC(C)C)cc1. The van der Waals surface area contributed by atoms with E-state index in [0.717, 1.165) is 11.3 Å². The van der Waals surface area contributed by atoms with Gasteiger partial charge in [0, 0.05) is 6.54 Å². The molecular weight excluding hydrogens is 314 g/mol. The number of aryl methyl sites for hydroxylation is 2. The number of nitrogens with one attached hydrogen (secondary N) is 2. The molecule has 0 aliphatic rings. The van der Waals surface area contributed by atoms with E-state index in [-0.39, 0.29) is 11.4 Å². The summed E-state index contributed by atoms with van der Waals surface area (Å²) in [6.45, 7) is 8.40. The normalized spacial score (nSPS) is 11.9. The molecule has 0 unspecified atom stereocenters. The summed E-state index contributed by atoms with van der Waals surface area (Å²) in [5.74, 6) is 1.25. The molecule has 0 saturated carbocycles. The molecule has 1 aromatic heterocycles. The molecule has 0 saturated heterocycles. The molecule has 0 bridgehead atoms. The van der Waals surface area contributed by atoms with E-state index in [2.05, 4.69) is 28.8 Å². The lowest BCUT2D eigenvalue weighted by Gasteiger charge is -2.10. The van der Waals surface area contributed by atoms with Crippen molar-refractivity contribution in [3.05, 3.63) is 41.2 Å². The van der Waals surface area contributed by atoms with Crippen LogP contribution < -0.4 is 9.46 Å². The van der Waals surface area contributed by atoms with Crippen LogP contribution in [0.3, 0.4) is 0 Å². The van der Waals surface area contributed by atoms with Gasteiger partial charge >= 0.3 is 0 Å². The Morgan fingerprint density at radius 3 is 2.39 bits per heavy atom. The topological polar surface area (TPSA) is 84.1 Å². The molecule has 126 valence electrons. The number of sulfonamides is 1. The summed E-state index contributed by atoms with van der Waals surface area (Å²) in [5.41, 5.74) is 1.86. The predicted octanol–water partition coefficient (Wildman–Crippen LogP) is 2.54. The molecule has 0 aliphatic carbocycles. The van der Waals surface area contributed by atoms with Gasteiger partial charge in [-0.1, -0.05) is 26.0 Å². The molecule has 0 spiro atoms. The highest BCUT2D eigenvalue weighted by molar-refractivity contribution is 7.89. The Labute approximate surface area is 137 Å². The Hall–Kier alpha value is -1.86. The second-order valence-electron chi connectivity index (χ2n) is 5.94. The van der Waals surface area contributed by atoms with Crippen molar-refractivity contribution < 1.29 is 13.2 Å². The van der Waals surface area contributed by atoms with E-state index in [0.29, 0.717) is 23.9 Å². The van der Waals surface area contributed by atoms with Crippen molar-refractivity contribution >= 4 is 10.0 Å². The van der Waals surface area contributed by atoms with Gasteiger partial charge in [-0.05, 0) is 37.5 Å². The number of benzene rings is 1. The van der Waals surface area contributed by atoms with Crippen LogP contribution in [0, 0.1) is 19.8 Å². The molecular formula is C16H23N3O3S. The van der Waals surface area contributed by atoms with Crippen LogP contribution in [-0.4, -0.2) is 25.2 Å². The highest BCUT2D eigenvalue weighted by atomic mass is 32.2. The van der Waals surface area contributed by atoms with Gasteiger partial charge in [0.05, 0.1) is 18.0 Å². The molecule has 0 radical (unpaired) electrons. The third-order valence-corrected chi connectivity index (χ3v) is 4.97. The van der Waals surface area contributed by atoms with Crippen molar-refractivity contribution in [2.24, 2.45) is 5.92 Å². The fourth-order valence-corrected chi connectivity index (χ4v) is 3.54. The maximum Gasteiger partial charge on any atom is 0.244 e. The van der Waals surface area contributed by atoms with Gasteiger partial charge < -0.3 is 4.74 Å². The average Bonchev–Trinajstić information content (AvgIpc) is 2.84. The summed E-state index contributed by atoms with van der Waals surface area (Å²) < 4.78 is 32.9. The van der Waals surface area contributed by atoms with Crippen molar-refractivity contribution in [1.29, 1.82) is 0 Å². The zero-order valence-corrected chi connectivity index (χ0v) is 14.7. The number of hydrogen-bond acceptors (Lipinski definition) is 4. The Kier molecular flexibility index (Phi) is 5.43. The van der Waals surface area contributed by atoms with Crippen molar-refractivity contribution in [1.82, 2.24) is 14.9 Å². The summed E-state index contributed by atoms with van der Waals surface area (Å²) >= 11 is 0. The fourth-order valence-electron chi connectivity index (χ4n) is 2.15. The Bertz CT molecular complexity index is 730. The van der Waals surface area contributed by atoms with E-state index >= 15 is 0 Å². The number of aromatic amines is 1. The molecule has 1 heterocycles. The summed E-state index contributed by atoms with van der Waals surface area (Å²) in [5, 5.41) is 6.61. The summed E-state index contributed by atoms with van der Waals surface area (Å²) in [6.07, 6.45) is 0. The van der Waals surface area contributed by atoms with Crippen LogP contribution in [0.4, 0.5) is 0 Å². The number of nitrogens with zero attached hydrogens (tertiary/aromatic N) is 1. The molecule has 6 nitrogen and oxygen atoms in total. The molecule has 7 heteroatoms. The highest BCUT2D eigenvalue weighted by Gasteiger charge is 2.21. The molecule has 23 heavy (non-hydrogen) atoms. The van der Waals surface area contributed by atoms with Crippen molar-refractivity contribution in [2.45, 2.75) is 39.1 Å². The number of hydrogen-bond donors (Lipinski definition) is 2. The van der Waals surface area contributed by atoms with Gasteiger partial charge in [-0.3, -0.25) is 5.10 Å². The lowest BCUT2D eigenvalue weighted by atomic mass is 10.2. The minimum atomic E-state index is -3.58. The standard InChI is InChI=1S/C16H23N3O3S/c1-11(2)10-22-15-7-5-14(6-8-15)9-17-23(20,21)16-12(3)18-19-13(16)4/h5-8,11,17H,9-10H2,1-4H3,(H,18,19). The zero-order chi connectivity index (χ0) is 17.0. The second kappa shape index (κ2) is 7.14. The predicted molar refractivity (Wildman–Crippen MR) is 88.9 cm³/mol. The Morgan fingerprint density at radius 2 is 1.87 bits per heavy atom. The monoisotopic (exact) mass is 337 g/mol. The van der Waals surface area contributed by atoms with E-state index in [1.807, 2.05) is 24.3 Å². The smallest absolute Gasteiger partial charge is 0.244 e. The van der Waals surface area contributed by atoms with Crippen molar-refractivity contribution in [2.75, 3.05) is 6.61 Å². The van der Waals surface area contributed by atoms with Gasteiger partial charge in [0.15, 0.2) is 0 Å². The summed E-state index contributed by atoms with van der Waals surface area (Å²) in [6, 6.07) is 7.40. The maximum absolute atomic E-state index is 12.4. The van der Waals surface area contributed by atoms with Crippen LogP contribution in [0.15, 0.2) is 29.2 Å². The van der Waals surface area contributed by atoms with Gasteiger partial charge in [0.25, 0.3) is 0 Å². The first kappa shape index (κ1) is 17.5. The van der Waals surface area contributed by atoms with Crippen LogP contribution in [0.5, 0.6) is 5.75 Å². The third kappa shape index (κ3) is 4.56. The first-order chi connectivity index (χ1) is 10.8.